The lowest BCUT2D eigenvalue weighted by Gasteiger charge is -2.33. The smallest absolute Gasteiger partial charge is 0.391 e. The summed E-state index contributed by atoms with van der Waals surface area (Å²) < 4.78 is 37.7. The van der Waals surface area contributed by atoms with Crippen LogP contribution in [0, 0.1) is 12.8 Å². The third kappa shape index (κ3) is 3.41. The minimum Gasteiger partial charge on any atom is -0.399 e. The molecule has 1 fully saturated rings. The fraction of sp³-hybridized carbons (Fsp3) is 0.571. The first-order valence-electron chi connectivity index (χ1n) is 6.51. The summed E-state index contributed by atoms with van der Waals surface area (Å²) in [5.41, 5.74) is 8.71. The van der Waals surface area contributed by atoms with Crippen LogP contribution in [0.3, 0.4) is 0 Å². The maximum absolute atomic E-state index is 12.6. The van der Waals surface area contributed by atoms with E-state index in [4.69, 9.17) is 5.73 Å². The first-order valence-corrected chi connectivity index (χ1v) is 6.51. The molecule has 0 bridgehead atoms. The summed E-state index contributed by atoms with van der Waals surface area (Å²) in [5, 5.41) is 0. The normalized spacial score (nSPS) is 18.7. The van der Waals surface area contributed by atoms with E-state index in [0.29, 0.717) is 19.6 Å². The largest absolute Gasteiger partial charge is 0.399 e. The minimum absolute atomic E-state index is 0.199. The molecule has 2 N–H and O–H groups in total. The minimum atomic E-state index is -4.04. The molecule has 0 spiro atoms. The Morgan fingerprint density at radius 3 is 2.47 bits per heavy atom. The molecule has 0 aliphatic carbocycles. The standard InChI is InChI=1S/C14H19F3N2/c1-10-11(3-2-4-13(10)18)9-19-7-5-12(6-8-19)14(15,16)17/h2-4,12H,5-9,18H2,1H3. The number of anilines is 1. The Bertz CT molecular complexity index is 435. The van der Waals surface area contributed by atoms with Crippen LogP contribution >= 0.6 is 0 Å². The molecule has 1 aliphatic rings. The zero-order valence-corrected chi connectivity index (χ0v) is 11.0. The number of halogens is 3. The van der Waals surface area contributed by atoms with E-state index in [-0.39, 0.29) is 12.8 Å². The Hall–Kier alpha value is -1.23. The summed E-state index contributed by atoms with van der Waals surface area (Å²) in [6.07, 6.45) is -3.64. The highest BCUT2D eigenvalue weighted by molar-refractivity contribution is 5.49. The van der Waals surface area contributed by atoms with Crippen LogP contribution in [0.1, 0.15) is 24.0 Å². The van der Waals surface area contributed by atoms with Crippen LogP contribution in [0.15, 0.2) is 18.2 Å². The number of alkyl halides is 3. The average Bonchev–Trinajstić information content (AvgIpc) is 2.35. The number of rotatable bonds is 2. The number of benzene rings is 1. The van der Waals surface area contributed by atoms with Crippen molar-refractivity contribution in [2.24, 2.45) is 5.92 Å². The number of nitrogens with two attached hydrogens (primary N) is 1. The molecule has 1 aromatic carbocycles. The van der Waals surface area contributed by atoms with E-state index in [2.05, 4.69) is 4.90 Å². The quantitative estimate of drug-likeness (QED) is 0.837. The van der Waals surface area contributed by atoms with E-state index in [1.54, 1.807) is 0 Å². The SMILES string of the molecule is Cc1c(N)cccc1CN1CCC(C(F)(F)F)CC1. The van der Waals surface area contributed by atoms with Crippen LogP contribution < -0.4 is 5.73 Å². The molecular formula is C14H19F3N2. The van der Waals surface area contributed by atoms with E-state index in [0.717, 1.165) is 16.8 Å². The molecule has 106 valence electrons. The molecule has 0 aromatic heterocycles. The monoisotopic (exact) mass is 272 g/mol. The molecule has 0 amide bonds. The van der Waals surface area contributed by atoms with E-state index < -0.39 is 12.1 Å². The van der Waals surface area contributed by atoms with Gasteiger partial charge in [-0.25, -0.2) is 0 Å². The van der Waals surface area contributed by atoms with Crippen molar-refractivity contribution in [1.82, 2.24) is 4.90 Å². The lowest BCUT2D eigenvalue weighted by molar-refractivity contribution is -0.185. The molecule has 0 saturated carbocycles. The molecule has 0 unspecified atom stereocenters. The van der Waals surface area contributed by atoms with Crippen molar-refractivity contribution in [2.45, 2.75) is 32.5 Å². The summed E-state index contributed by atoms with van der Waals surface area (Å²) in [7, 11) is 0. The summed E-state index contributed by atoms with van der Waals surface area (Å²) in [5.74, 6) is -1.13. The first-order chi connectivity index (χ1) is 8.88. The van der Waals surface area contributed by atoms with Crippen LogP contribution in [0.2, 0.25) is 0 Å². The highest BCUT2D eigenvalue weighted by atomic mass is 19.4. The summed E-state index contributed by atoms with van der Waals surface area (Å²) >= 11 is 0. The van der Waals surface area contributed by atoms with Crippen molar-refractivity contribution in [1.29, 1.82) is 0 Å². The van der Waals surface area contributed by atoms with Crippen molar-refractivity contribution >= 4 is 5.69 Å². The van der Waals surface area contributed by atoms with Crippen molar-refractivity contribution in [2.75, 3.05) is 18.8 Å². The van der Waals surface area contributed by atoms with Gasteiger partial charge in [-0.05, 0) is 50.0 Å². The Morgan fingerprint density at radius 2 is 1.89 bits per heavy atom. The van der Waals surface area contributed by atoms with Gasteiger partial charge >= 0.3 is 6.18 Å². The van der Waals surface area contributed by atoms with Crippen molar-refractivity contribution < 1.29 is 13.2 Å². The fourth-order valence-electron chi connectivity index (χ4n) is 2.53. The maximum atomic E-state index is 12.6. The Labute approximate surface area is 111 Å². The van der Waals surface area contributed by atoms with Crippen LogP contribution in [-0.4, -0.2) is 24.2 Å². The van der Waals surface area contributed by atoms with Gasteiger partial charge in [0.15, 0.2) is 0 Å². The first kappa shape index (κ1) is 14.2. The lowest BCUT2D eigenvalue weighted by atomic mass is 9.95. The lowest BCUT2D eigenvalue weighted by Crippen LogP contribution is -2.38. The van der Waals surface area contributed by atoms with Crippen LogP contribution in [-0.2, 0) is 6.54 Å². The van der Waals surface area contributed by atoms with Crippen molar-refractivity contribution in [3.8, 4) is 0 Å². The van der Waals surface area contributed by atoms with Crippen LogP contribution in [0.5, 0.6) is 0 Å². The Kier molecular flexibility index (Phi) is 4.04. The molecule has 2 nitrogen and oxygen atoms in total. The van der Waals surface area contributed by atoms with E-state index >= 15 is 0 Å². The van der Waals surface area contributed by atoms with E-state index in [1.807, 2.05) is 25.1 Å². The Morgan fingerprint density at radius 1 is 1.26 bits per heavy atom. The molecule has 1 saturated heterocycles. The molecule has 2 rings (SSSR count). The second kappa shape index (κ2) is 5.41. The second-order valence-electron chi connectivity index (χ2n) is 5.22. The Balaban J connectivity index is 1.94. The highest BCUT2D eigenvalue weighted by Crippen LogP contribution is 2.34. The third-order valence-electron chi connectivity index (χ3n) is 3.93. The third-order valence-corrected chi connectivity index (χ3v) is 3.93. The van der Waals surface area contributed by atoms with Gasteiger partial charge < -0.3 is 5.73 Å². The summed E-state index contributed by atoms with van der Waals surface area (Å²) in [6, 6.07) is 5.72. The van der Waals surface area contributed by atoms with Gasteiger partial charge in [0.1, 0.15) is 0 Å². The van der Waals surface area contributed by atoms with Gasteiger partial charge in [-0.1, -0.05) is 12.1 Å². The van der Waals surface area contributed by atoms with Gasteiger partial charge in [-0.15, -0.1) is 0 Å². The second-order valence-corrected chi connectivity index (χ2v) is 5.22. The van der Waals surface area contributed by atoms with Gasteiger partial charge in [-0.2, -0.15) is 13.2 Å². The zero-order chi connectivity index (χ0) is 14.0. The van der Waals surface area contributed by atoms with E-state index in [1.165, 1.54) is 0 Å². The van der Waals surface area contributed by atoms with Gasteiger partial charge in [0, 0.05) is 12.2 Å². The molecular weight excluding hydrogens is 253 g/mol. The summed E-state index contributed by atoms with van der Waals surface area (Å²) in [4.78, 5) is 2.07. The topological polar surface area (TPSA) is 29.3 Å². The average molecular weight is 272 g/mol. The fourth-order valence-corrected chi connectivity index (χ4v) is 2.53. The molecule has 1 aromatic rings. The number of hydrogen-bond acceptors (Lipinski definition) is 2. The number of nitrogens with zero attached hydrogens (tertiary/aromatic N) is 1. The number of piperidine rings is 1. The number of nitrogen functional groups attached to an aromatic ring is 1. The molecule has 1 aliphatic heterocycles. The maximum Gasteiger partial charge on any atom is 0.391 e. The van der Waals surface area contributed by atoms with Gasteiger partial charge in [0.25, 0.3) is 0 Å². The molecule has 19 heavy (non-hydrogen) atoms. The van der Waals surface area contributed by atoms with Crippen LogP contribution in [0.25, 0.3) is 0 Å². The number of likely N-dealkylation sites (tertiary alicyclic amines) is 1. The molecule has 1 heterocycles. The summed E-state index contributed by atoms with van der Waals surface area (Å²) in [6.45, 7) is 3.63. The highest BCUT2D eigenvalue weighted by Gasteiger charge is 2.40. The molecule has 0 radical (unpaired) electrons. The van der Waals surface area contributed by atoms with Gasteiger partial charge in [0.05, 0.1) is 5.92 Å². The van der Waals surface area contributed by atoms with Crippen LogP contribution in [0.4, 0.5) is 18.9 Å². The molecule has 5 heteroatoms. The number of hydrogen-bond donors (Lipinski definition) is 1. The zero-order valence-electron chi connectivity index (χ0n) is 11.0. The van der Waals surface area contributed by atoms with Gasteiger partial charge in [0.2, 0.25) is 0 Å². The predicted molar refractivity (Wildman–Crippen MR) is 69.6 cm³/mol. The molecule has 0 atom stereocenters. The predicted octanol–water partition coefficient (Wildman–Crippen LogP) is 3.35. The van der Waals surface area contributed by atoms with E-state index in [9.17, 15) is 13.2 Å². The van der Waals surface area contributed by atoms with Crippen molar-refractivity contribution in [3.63, 3.8) is 0 Å². The van der Waals surface area contributed by atoms with Crippen molar-refractivity contribution in [3.05, 3.63) is 29.3 Å². The van der Waals surface area contributed by atoms with Gasteiger partial charge in [-0.3, -0.25) is 4.90 Å².